The van der Waals surface area contributed by atoms with Gasteiger partial charge in [-0.2, -0.15) is 0 Å². The van der Waals surface area contributed by atoms with Gasteiger partial charge in [-0.25, -0.2) is 0 Å². The van der Waals surface area contributed by atoms with Crippen LogP contribution in [-0.4, -0.2) is 9.13 Å². The fourth-order valence-corrected chi connectivity index (χ4v) is 12.6. The van der Waals surface area contributed by atoms with E-state index in [2.05, 4.69) is 276 Å². The van der Waals surface area contributed by atoms with E-state index in [0.29, 0.717) is 0 Å². The van der Waals surface area contributed by atoms with Crippen LogP contribution in [0.2, 0.25) is 0 Å². The largest absolute Gasteiger partial charge is 0.309 e. The molecule has 16 rings (SSSR count). The Balaban J connectivity index is 1.000. The van der Waals surface area contributed by atoms with Gasteiger partial charge in [0, 0.05) is 32.9 Å². The van der Waals surface area contributed by atoms with Crippen molar-refractivity contribution in [1.29, 1.82) is 0 Å². The number of nitrogens with zero attached hydrogens (tertiary/aromatic N) is 2. The lowest BCUT2D eigenvalue weighted by atomic mass is 9.87. The van der Waals surface area contributed by atoms with E-state index < -0.39 is 0 Å². The monoisotopic (exact) mass is 936 g/mol. The van der Waals surface area contributed by atoms with Crippen LogP contribution in [0.3, 0.4) is 0 Å². The van der Waals surface area contributed by atoms with E-state index >= 15 is 0 Å². The molecule has 0 spiro atoms. The van der Waals surface area contributed by atoms with Crippen LogP contribution < -0.4 is 0 Å². The third-order valence-corrected chi connectivity index (χ3v) is 15.9. The Bertz CT molecular complexity index is 4570. The second-order valence-corrected chi connectivity index (χ2v) is 20.1. The van der Waals surface area contributed by atoms with Crippen LogP contribution in [0.25, 0.3) is 154 Å². The summed E-state index contributed by atoms with van der Waals surface area (Å²) in [6.07, 6.45) is 0. The zero-order valence-electron chi connectivity index (χ0n) is 40.3. The van der Waals surface area contributed by atoms with Gasteiger partial charge >= 0.3 is 0 Å². The predicted molar refractivity (Wildman–Crippen MR) is 315 cm³/mol. The summed E-state index contributed by atoms with van der Waals surface area (Å²) in [4.78, 5) is 0. The maximum absolute atomic E-state index is 2.46. The SMILES string of the molecule is c1ccc(-n2c3cccc4ccc5cc(-c6cc(-c7cc(-c8cccc9ccccc89)cc(-c8cccc9ccccc89)c7)cc(-c7cc8ccc9cccc%10c9c8c(c7)n%10-c7ccccc7)c6)cc2c5c43)cc1. The van der Waals surface area contributed by atoms with Crippen molar-refractivity contribution in [2.75, 3.05) is 0 Å². The van der Waals surface area contributed by atoms with Crippen LogP contribution in [0, 0.1) is 0 Å². The summed E-state index contributed by atoms with van der Waals surface area (Å²) in [6, 6.07) is 99.6. The standard InChI is InChI=1S/C72H44N2/c1-3-21-59(22-4-1)73-65-29-13-19-47-31-33-49-35-55(43-67(73)71(49)69(47)65)52-37-51(38-53(39-52)56-36-50-34-32-48-20-14-30-66-70(48)72(50)68(44-56)74(66)60-23-5-2-6-24-60)54-40-57(63-27-11-17-45-15-7-9-25-61(45)63)42-58(41-54)64-28-12-18-46-16-8-10-26-62(46)64/h1-44H. The van der Waals surface area contributed by atoms with E-state index in [0.717, 1.165) is 33.6 Å². The van der Waals surface area contributed by atoms with E-state index in [1.807, 2.05) is 0 Å². The van der Waals surface area contributed by atoms with Gasteiger partial charge in [-0.15, -0.1) is 0 Å². The summed E-state index contributed by atoms with van der Waals surface area (Å²) in [5, 5.41) is 15.1. The first-order chi connectivity index (χ1) is 36.7. The smallest absolute Gasteiger partial charge is 0.0553 e. The minimum absolute atomic E-state index is 1.16. The second kappa shape index (κ2) is 15.9. The number of aromatic nitrogens is 2. The molecule has 2 aromatic heterocycles. The molecule has 0 N–H and O–H groups in total. The first-order valence-corrected chi connectivity index (χ1v) is 25.6. The predicted octanol–water partition coefficient (Wildman–Crippen LogP) is 19.7. The molecule has 2 heteroatoms. The molecule has 0 aliphatic rings. The van der Waals surface area contributed by atoms with E-state index in [1.165, 1.54) is 120 Å². The van der Waals surface area contributed by atoms with Gasteiger partial charge in [-0.3, -0.25) is 0 Å². The Kier molecular flexibility index (Phi) is 8.78. The highest BCUT2D eigenvalue weighted by Crippen LogP contribution is 2.46. The molecule has 0 aliphatic heterocycles. The lowest BCUT2D eigenvalue weighted by Gasteiger charge is -2.17. The summed E-state index contributed by atoms with van der Waals surface area (Å²) in [5.41, 5.74) is 19.0. The summed E-state index contributed by atoms with van der Waals surface area (Å²) in [6.45, 7) is 0. The first kappa shape index (κ1) is 40.9. The van der Waals surface area contributed by atoms with Crippen molar-refractivity contribution in [3.8, 4) is 67.0 Å². The summed E-state index contributed by atoms with van der Waals surface area (Å²) >= 11 is 0. The lowest BCUT2D eigenvalue weighted by Crippen LogP contribution is -1.94. The molecule has 0 unspecified atom stereocenters. The molecule has 0 aliphatic carbocycles. The zero-order chi connectivity index (χ0) is 48.4. The van der Waals surface area contributed by atoms with Gasteiger partial charge in [0.2, 0.25) is 0 Å². The van der Waals surface area contributed by atoms with Gasteiger partial charge < -0.3 is 9.13 Å². The Labute approximate surface area is 427 Å². The van der Waals surface area contributed by atoms with Gasteiger partial charge in [-0.1, -0.05) is 170 Å². The summed E-state index contributed by atoms with van der Waals surface area (Å²) < 4.78 is 4.93. The molecule has 0 radical (unpaired) electrons. The quantitative estimate of drug-likeness (QED) is 0.141. The van der Waals surface area contributed by atoms with E-state index in [4.69, 9.17) is 0 Å². The van der Waals surface area contributed by atoms with E-state index in [1.54, 1.807) is 0 Å². The number of para-hydroxylation sites is 2. The number of hydrogen-bond acceptors (Lipinski definition) is 0. The van der Waals surface area contributed by atoms with Gasteiger partial charge in [-0.05, 0) is 196 Å². The van der Waals surface area contributed by atoms with Crippen molar-refractivity contribution in [3.63, 3.8) is 0 Å². The number of benzene rings is 14. The maximum Gasteiger partial charge on any atom is 0.0553 e. The van der Waals surface area contributed by atoms with Crippen LogP contribution in [0.4, 0.5) is 0 Å². The summed E-state index contributed by atoms with van der Waals surface area (Å²) in [7, 11) is 0. The minimum Gasteiger partial charge on any atom is -0.309 e. The molecule has 0 saturated carbocycles. The van der Waals surface area contributed by atoms with Crippen molar-refractivity contribution in [2.45, 2.75) is 0 Å². The third kappa shape index (κ3) is 6.19. The lowest BCUT2D eigenvalue weighted by molar-refractivity contribution is 1.18. The molecular weight excluding hydrogens is 893 g/mol. The average molecular weight is 937 g/mol. The van der Waals surface area contributed by atoms with Crippen molar-refractivity contribution >= 4 is 86.7 Å². The Morgan fingerprint density at radius 3 is 0.973 bits per heavy atom. The number of hydrogen-bond donors (Lipinski definition) is 0. The molecule has 0 fully saturated rings. The molecular formula is C72H44N2. The molecule has 2 heterocycles. The van der Waals surface area contributed by atoms with E-state index in [9.17, 15) is 0 Å². The van der Waals surface area contributed by atoms with Crippen LogP contribution in [0.5, 0.6) is 0 Å². The molecule has 342 valence electrons. The van der Waals surface area contributed by atoms with Crippen LogP contribution in [0.15, 0.2) is 267 Å². The molecule has 74 heavy (non-hydrogen) atoms. The molecule has 0 saturated heterocycles. The molecule has 2 nitrogen and oxygen atoms in total. The number of fused-ring (bicyclic) bond motifs is 2. The number of rotatable bonds is 7. The molecule has 0 bridgehead atoms. The van der Waals surface area contributed by atoms with Gasteiger partial charge in [0.05, 0.1) is 22.1 Å². The molecule has 0 atom stereocenters. The first-order valence-electron chi connectivity index (χ1n) is 25.6. The Morgan fingerprint density at radius 1 is 0.189 bits per heavy atom. The topological polar surface area (TPSA) is 9.86 Å². The van der Waals surface area contributed by atoms with Crippen LogP contribution in [-0.2, 0) is 0 Å². The Hall–Kier alpha value is -9.76. The maximum atomic E-state index is 2.46. The van der Waals surface area contributed by atoms with Crippen molar-refractivity contribution in [1.82, 2.24) is 9.13 Å². The average Bonchev–Trinajstić information content (AvgIpc) is 4.02. The molecule has 0 amide bonds. The van der Waals surface area contributed by atoms with Gasteiger partial charge in [0.1, 0.15) is 0 Å². The highest BCUT2D eigenvalue weighted by molar-refractivity contribution is 6.26. The van der Waals surface area contributed by atoms with Crippen molar-refractivity contribution in [3.05, 3.63) is 267 Å². The summed E-state index contributed by atoms with van der Waals surface area (Å²) in [5.74, 6) is 0. The fourth-order valence-electron chi connectivity index (χ4n) is 12.6. The highest BCUT2D eigenvalue weighted by atomic mass is 15.0. The van der Waals surface area contributed by atoms with E-state index in [-0.39, 0.29) is 0 Å². The van der Waals surface area contributed by atoms with Crippen molar-refractivity contribution < 1.29 is 0 Å². The second-order valence-electron chi connectivity index (χ2n) is 20.1. The fraction of sp³-hybridized carbons (Fsp3) is 0. The molecule has 16 aromatic rings. The zero-order valence-corrected chi connectivity index (χ0v) is 40.3. The van der Waals surface area contributed by atoms with Gasteiger partial charge in [0.25, 0.3) is 0 Å². The van der Waals surface area contributed by atoms with Gasteiger partial charge in [0.15, 0.2) is 0 Å². The minimum atomic E-state index is 1.16. The van der Waals surface area contributed by atoms with Crippen LogP contribution in [0.1, 0.15) is 0 Å². The third-order valence-electron chi connectivity index (χ3n) is 15.9. The Morgan fingerprint density at radius 2 is 0.514 bits per heavy atom. The van der Waals surface area contributed by atoms with Crippen LogP contribution >= 0.6 is 0 Å². The molecule has 14 aromatic carbocycles. The normalized spacial score (nSPS) is 12.1. The van der Waals surface area contributed by atoms with Crippen molar-refractivity contribution in [2.24, 2.45) is 0 Å². The highest BCUT2D eigenvalue weighted by Gasteiger charge is 2.22.